The average molecular weight is 215 g/mol. The maximum Gasteiger partial charge on any atom is 0.0669 e. The molecular formula is C13H17N3. The Bertz CT molecular complexity index is 394. The van der Waals surface area contributed by atoms with Gasteiger partial charge in [-0.05, 0) is 37.1 Å². The third-order valence-electron chi connectivity index (χ3n) is 3.05. The Labute approximate surface area is 96.5 Å². The molecule has 3 heteroatoms. The van der Waals surface area contributed by atoms with E-state index in [4.69, 9.17) is 11.0 Å². The molecule has 1 aromatic carbocycles. The fourth-order valence-electron chi connectivity index (χ4n) is 2.25. The van der Waals surface area contributed by atoms with Crippen LogP contribution in [0, 0.1) is 17.2 Å². The zero-order valence-corrected chi connectivity index (χ0v) is 9.39. The summed E-state index contributed by atoms with van der Waals surface area (Å²) in [5.74, 6) is 0.204. The Kier molecular flexibility index (Phi) is 3.43. The topological polar surface area (TPSA) is 53.0 Å². The van der Waals surface area contributed by atoms with E-state index in [1.165, 1.54) is 5.56 Å². The van der Waals surface area contributed by atoms with Crippen molar-refractivity contribution in [1.82, 2.24) is 4.90 Å². The molecule has 0 spiro atoms. The summed E-state index contributed by atoms with van der Waals surface area (Å²) in [4.78, 5) is 2.34. The number of rotatable bonds is 2. The quantitative estimate of drug-likeness (QED) is 0.768. The fraction of sp³-hybridized carbons (Fsp3) is 0.462. The molecule has 0 amide bonds. The highest BCUT2D eigenvalue weighted by atomic mass is 15.1. The molecule has 84 valence electrons. The van der Waals surface area contributed by atoms with Gasteiger partial charge >= 0.3 is 0 Å². The van der Waals surface area contributed by atoms with Crippen LogP contribution in [0.3, 0.4) is 0 Å². The van der Waals surface area contributed by atoms with E-state index < -0.39 is 0 Å². The first-order valence-corrected chi connectivity index (χ1v) is 5.74. The first kappa shape index (κ1) is 11.0. The molecule has 2 N–H and O–H groups in total. The molecular weight excluding hydrogens is 198 g/mol. The van der Waals surface area contributed by atoms with Gasteiger partial charge in [0.15, 0.2) is 0 Å². The van der Waals surface area contributed by atoms with Gasteiger partial charge in [-0.25, -0.2) is 0 Å². The van der Waals surface area contributed by atoms with Gasteiger partial charge in [0.05, 0.1) is 12.0 Å². The second-order valence-electron chi connectivity index (χ2n) is 4.45. The van der Waals surface area contributed by atoms with Crippen LogP contribution in [0.4, 0.5) is 5.69 Å². The second kappa shape index (κ2) is 5.00. The number of nitrogens with two attached hydrogens (primary N) is 1. The molecule has 1 atom stereocenters. The molecule has 16 heavy (non-hydrogen) atoms. The molecule has 1 aliphatic rings. The molecule has 0 aromatic heterocycles. The lowest BCUT2D eigenvalue weighted by molar-refractivity contribution is 0.192. The summed E-state index contributed by atoms with van der Waals surface area (Å²) in [7, 11) is 0. The Morgan fingerprint density at radius 2 is 2.38 bits per heavy atom. The Morgan fingerprint density at radius 1 is 1.50 bits per heavy atom. The monoisotopic (exact) mass is 215 g/mol. The van der Waals surface area contributed by atoms with E-state index in [9.17, 15) is 0 Å². The van der Waals surface area contributed by atoms with Crippen molar-refractivity contribution in [1.29, 1.82) is 5.26 Å². The number of hydrogen-bond acceptors (Lipinski definition) is 3. The third kappa shape index (κ3) is 2.74. The second-order valence-corrected chi connectivity index (χ2v) is 4.45. The molecule has 1 aromatic rings. The number of benzene rings is 1. The lowest BCUT2D eigenvalue weighted by Gasteiger charge is -2.29. The van der Waals surface area contributed by atoms with Crippen LogP contribution in [-0.2, 0) is 6.54 Å². The number of anilines is 1. The van der Waals surface area contributed by atoms with Crippen molar-refractivity contribution < 1.29 is 0 Å². The van der Waals surface area contributed by atoms with Crippen molar-refractivity contribution >= 4 is 5.69 Å². The zero-order valence-electron chi connectivity index (χ0n) is 9.39. The van der Waals surface area contributed by atoms with Gasteiger partial charge in [0, 0.05) is 18.8 Å². The highest BCUT2D eigenvalue weighted by Gasteiger charge is 2.19. The highest BCUT2D eigenvalue weighted by molar-refractivity contribution is 5.40. The van der Waals surface area contributed by atoms with E-state index in [1.807, 2.05) is 18.2 Å². The summed E-state index contributed by atoms with van der Waals surface area (Å²) in [6.45, 7) is 2.89. The molecule has 1 aliphatic heterocycles. The summed E-state index contributed by atoms with van der Waals surface area (Å²) in [5, 5.41) is 8.92. The standard InChI is InChI=1S/C13H17N3/c14-8-12-4-2-6-16(10-12)9-11-3-1-5-13(15)7-11/h1,3,5,7,12H,2,4,6,9-10,15H2. The Morgan fingerprint density at radius 3 is 3.12 bits per heavy atom. The van der Waals surface area contributed by atoms with Crippen molar-refractivity contribution in [2.24, 2.45) is 5.92 Å². The largest absolute Gasteiger partial charge is 0.399 e. The summed E-state index contributed by atoms with van der Waals surface area (Å²) in [6.07, 6.45) is 2.17. The van der Waals surface area contributed by atoms with Crippen LogP contribution in [0.5, 0.6) is 0 Å². The predicted octanol–water partition coefficient (Wildman–Crippen LogP) is 2.00. The maximum absolute atomic E-state index is 8.92. The summed E-state index contributed by atoms with van der Waals surface area (Å²) in [5.41, 5.74) is 7.79. The SMILES string of the molecule is N#CC1CCCN(Cc2cccc(N)c2)C1. The lowest BCUT2D eigenvalue weighted by Crippen LogP contribution is -2.34. The Balaban J connectivity index is 1.97. The van der Waals surface area contributed by atoms with Crippen LogP contribution in [-0.4, -0.2) is 18.0 Å². The van der Waals surface area contributed by atoms with E-state index in [-0.39, 0.29) is 5.92 Å². The van der Waals surface area contributed by atoms with Gasteiger partial charge in [-0.1, -0.05) is 12.1 Å². The molecule has 1 saturated heterocycles. The molecule has 3 nitrogen and oxygen atoms in total. The smallest absolute Gasteiger partial charge is 0.0669 e. The first-order chi connectivity index (χ1) is 7.78. The van der Waals surface area contributed by atoms with Crippen LogP contribution < -0.4 is 5.73 Å². The van der Waals surface area contributed by atoms with Crippen molar-refractivity contribution in [2.75, 3.05) is 18.8 Å². The predicted molar refractivity (Wildman–Crippen MR) is 64.5 cm³/mol. The minimum absolute atomic E-state index is 0.204. The van der Waals surface area contributed by atoms with Gasteiger partial charge < -0.3 is 5.73 Å². The normalized spacial score (nSPS) is 21.6. The molecule has 2 rings (SSSR count). The van der Waals surface area contributed by atoms with Crippen molar-refractivity contribution in [3.63, 3.8) is 0 Å². The van der Waals surface area contributed by atoms with Gasteiger partial charge in [-0.2, -0.15) is 5.26 Å². The summed E-state index contributed by atoms with van der Waals surface area (Å²) >= 11 is 0. The van der Waals surface area contributed by atoms with Gasteiger partial charge in [-0.15, -0.1) is 0 Å². The number of hydrogen-bond donors (Lipinski definition) is 1. The number of likely N-dealkylation sites (tertiary alicyclic amines) is 1. The van der Waals surface area contributed by atoms with Gasteiger partial charge in [-0.3, -0.25) is 4.90 Å². The van der Waals surface area contributed by atoms with Crippen LogP contribution in [0.25, 0.3) is 0 Å². The van der Waals surface area contributed by atoms with Crippen LogP contribution in [0.2, 0.25) is 0 Å². The fourth-order valence-corrected chi connectivity index (χ4v) is 2.25. The van der Waals surface area contributed by atoms with E-state index in [0.29, 0.717) is 0 Å². The molecule has 0 saturated carbocycles. The molecule has 1 heterocycles. The number of piperidine rings is 1. The van der Waals surface area contributed by atoms with E-state index in [0.717, 1.165) is 38.2 Å². The van der Waals surface area contributed by atoms with E-state index in [1.54, 1.807) is 0 Å². The van der Waals surface area contributed by atoms with Gasteiger partial charge in [0.25, 0.3) is 0 Å². The van der Waals surface area contributed by atoms with Gasteiger partial charge in [0.1, 0.15) is 0 Å². The van der Waals surface area contributed by atoms with E-state index in [2.05, 4.69) is 17.0 Å². The van der Waals surface area contributed by atoms with Crippen molar-refractivity contribution in [3.8, 4) is 6.07 Å². The van der Waals surface area contributed by atoms with E-state index >= 15 is 0 Å². The van der Waals surface area contributed by atoms with Crippen LogP contribution in [0.1, 0.15) is 18.4 Å². The van der Waals surface area contributed by atoms with Crippen molar-refractivity contribution in [2.45, 2.75) is 19.4 Å². The molecule has 1 unspecified atom stereocenters. The minimum atomic E-state index is 0.204. The average Bonchev–Trinajstić information content (AvgIpc) is 2.29. The number of nitrogens with zero attached hydrogens (tertiary/aromatic N) is 2. The van der Waals surface area contributed by atoms with Crippen LogP contribution >= 0.6 is 0 Å². The third-order valence-corrected chi connectivity index (χ3v) is 3.05. The summed E-state index contributed by atoms with van der Waals surface area (Å²) < 4.78 is 0. The highest BCUT2D eigenvalue weighted by Crippen LogP contribution is 2.18. The van der Waals surface area contributed by atoms with Crippen molar-refractivity contribution in [3.05, 3.63) is 29.8 Å². The number of nitriles is 1. The molecule has 0 radical (unpaired) electrons. The zero-order chi connectivity index (χ0) is 11.4. The molecule has 0 aliphatic carbocycles. The molecule has 1 fully saturated rings. The Hall–Kier alpha value is -1.53. The molecule has 0 bridgehead atoms. The van der Waals surface area contributed by atoms with Crippen LogP contribution in [0.15, 0.2) is 24.3 Å². The maximum atomic E-state index is 8.92. The summed E-state index contributed by atoms with van der Waals surface area (Å²) in [6, 6.07) is 10.3. The van der Waals surface area contributed by atoms with Gasteiger partial charge in [0.2, 0.25) is 0 Å². The lowest BCUT2D eigenvalue weighted by atomic mass is 9.99. The number of nitrogen functional groups attached to an aromatic ring is 1. The minimum Gasteiger partial charge on any atom is -0.399 e. The first-order valence-electron chi connectivity index (χ1n) is 5.74.